The molecule has 3 aromatic rings. The van der Waals surface area contributed by atoms with Crippen molar-refractivity contribution in [1.29, 1.82) is 0 Å². The molecule has 3 aromatic heterocycles. The molecule has 0 radical (unpaired) electrons. The van der Waals surface area contributed by atoms with Crippen LogP contribution in [0.4, 0.5) is 0 Å². The third-order valence-corrected chi connectivity index (χ3v) is 5.23. The summed E-state index contributed by atoms with van der Waals surface area (Å²) in [6.45, 7) is 3.67. The van der Waals surface area contributed by atoms with Crippen LogP contribution in [0.25, 0.3) is 10.2 Å². The Morgan fingerprint density at radius 3 is 2.73 bits per heavy atom. The molecule has 0 fully saturated rings. The van der Waals surface area contributed by atoms with Crippen LogP contribution in [0.15, 0.2) is 21.3 Å². The van der Waals surface area contributed by atoms with Gasteiger partial charge in [-0.15, -0.1) is 11.3 Å². The van der Waals surface area contributed by atoms with E-state index in [0.717, 1.165) is 11.3 Å². The second-order valence-electron chi connectivity index (χ2n) is 5.63. The summed E-state index contributed by atoms with van der Waals surface area (Å²) in [6, 6.07) is 3.10. The van der Waals surface area contributed by atoms with Crippen LogP contribution in [-0.2, 0) is 17.7 Å². The van der Waals surface area contributed by atoms with E-state index in [1.165, 1.54) is 17.7 Å². The Labute approximate surface area is 152 Å². The topological polar surface area (TPSA) is 117 Å². The maximum Gasteiger partial charge on any atom is 0.373 e. The van der Waals surface area contributed by atoms with E-state index in [4.69, 9.17) is 10.2 Å². The highest BCUT2D eigenvalue weighted by Crippen LogP contribution is 2.27. The van der Waals surface area contributed by atoms with Crippen LogP contribution >= 0.6 is 11.3 Å². The lowest BCUT2D eigenvalue weighted by Gasteiger charge is -2.10. The number of carbonyl (C=O) groups excluding carboxylic acids is 2. The Morgan fingerprint density at radius 2 is 2.12 bits per heavy atom. The standard InChI is InChI=1S/C17H17N3O5S/c1-4-11-19-15-12(8(2)13(26-15)14(18)21)16(22)20(11)7-9-5-6-10(25-9)17(23)24-3/h5-6H,4,7H2,1-3H3,(H2,18,21). The molecule has 0 bridgehead atoms. The quantitative estimate of drug-likeness (QED) is 0.680. The number of aromatic nitrogens is 2. The van der Waals surface area contributed by atoms with Gasteiger partial charge in [0, 0.05) is 6.42 Å². The smallest absolute Gasteiger partial charge is 0.373 e. The first-order valence-electron chi connectivity index (χ1n) is 7.87. The normalized spacial score (nSPS) is 11.0. The number of fused-ring (bicyclic) bond motifs is 1. The molecule has 0 saturated heterocycles. The lowest BCUT2D eigenvalue weighted by atomic mass is 10.2. The summed E-state index contributed by atoms with van der Waals surface area (Å²) in [4.78, 5) is 41.4. The molecule has 9 heteroatoms. The number of furan rings is 1. The lowest BCUT2D eigenvalue weighted by Crippen LogP contribution is -2.25. The van der Waals surface area contributed by atoms with Crippen molar-refractivity contribution in [3.05, 3.63) is 50.3 Å². The minimum atomic E-state index is -0.590. The first-order chi connectivity index (χ1) is 12.4. The Balaban J connectivity index is 2.13. The SMILES string of the molecule is CCc1nc2sc(C(N)=O)c(C)c2c(=O)n1Cc1ccc(C(=O)OC)o1. The highest BCUT2D eigenvalue weighted by molar-refractivity contribution is 7.20. The largest absolute Gasteiger partial charge is 0.463 e. The number of methoxy groups -OCH3 is 1. The third kappa shape index (κ3) is 2.90. The summed E-state index contributed by atoms with van der Waals surface area (Å²) in [7, 11) is 1.26. The Morgan fingerprint density at radius 1 is 1.38 bits per heavy atom. The summed E-state index contributed by atoms with van der Waals surface area (Å²) in [5, 5.41) is 0.376. The van der Waals surface area contributed by atoms with Gasteiger partial charge in [0.1, 0.15) is 16.4 Å². The first kappa shape index (κ1) is 17.9. The molecule has 0 atom stereocenters. The minimum Gasteiger partial charge on any atom is -0.463 e. The fraction of sp³-hybridized carbons (Fsp3) is 0.294. The van der Waals surface area contributed by atoms with E-state index in [-0.39, 0.29) is 17.9 Å². The number of aryl methyl sites for hydroxylation is 2. The van der Waals surface area contributed by atoms with Gasteiger partial charge in [0.25, 0.3) is 11.5 Å². The number of primary amides is 1. The number of thiophene rings is 1. The van der Waals surface area contributed by atoms with E-state index >= 15 is 0 Å². The van der Waals surface area contributed by atoms with Gasteiger partial charge in [-0.2, -0.15) is 0 Å². The van der Waals surface area contributed by atoms with Crippen molar-refractivity contribution in [2.24, 2.45) is 5.73 Å². The van der Waals surface area contributed by atoms with E-state index < -0.39 is 11.9 Å². The summed E-state index contributed by atoms with van der Waals surface area (Å²) in [5.41, 5.74) is 5.64. The van der Waals surface area contributed by atoms with Crippen molar-refractivity contribution in [3.63, 3.8) is 0 Å². The number of nitrogens with two attached hydrogens (primary N) is 1. The van der Waals surface area contributed by atoms with Crippen molar-refractivity contribution in [3.8, 4) is 0 Å². The van der Waals surface area contributed by atoms with E-state index in [0.29, 0.717) is 38.7 Å². The van der Waals surface area contributed by atoms with Crippen molar-refractivity contribution in [2.45, 2.75) is 26.8 Å². The maximum absolute atomic E-state index is 13.0. The number of carbonyl (C=O) groups is 2. The molecule has 0 aromatic carbocycles. The number of amides is 1. The van der Waals surface area contributed by atoms with Gasteiger partial charge in [0.15, 0.2) is 0 Å². The van der Waals surface area contributed by atoms with Gasteiger partial charge >= 0.3 is 5.97 Å². The van der Waals surface area contributed by atoms with Crippen molar-refractivity contribution in [2.75, 3.05) is 7.11 Å². The monoisotopic (exact) mass is 375 g/mol. The van der Waals surface area contributed by atoms with Gasteiger partial charge in [-0.05, 0) is 24.6 Å². The average molecular weight is 375 g/mol. The van der Waals surface area contributed by atoms with Crippen LogP contribution in [0, 0.1) is 6.92 Å². The van der Waals surface area contributed by atoms with Crippen LogP contribution in [0.3, 0.4) is 0 Å². The predicted molar refractivity (Wildman–Crippen MR) is 95.7 cm³/mol. The number of ether oxygens (including phenoxy) is 1. The molecular weight excluding hydrogens is 358 g/mol. The van der Waals surface area contributed by atoms with Gasteiger partial charge in [-0.25, -0.2) is 9.78 Å². The highest BCUT2D eigenvalue weighted by atomic mass is 32.1. The van der Waals surface area contributed by atoms with Crippen LogP contribution < -0.4 is 11.3 Å². The third-order valence-electron chi connectivity index (χ3n) is 4.03. The van der Waals surface area contributed by atoms with E-state index in [1.54, 1.807) is 13.0 Å². The van der Waals surface area contributed by atoms with Crippen molar-refractivity contribution in [1.82, 2.24) is 9.55 Å². The fourth-order valence-corrected chi connectivity index (χ4v) is 3.80. The molecule has 0 spiro atoms. The predicted octanol–water partition coefficient (Wildman–Crippen LogP) is 1.86. The number of nitrogens with zero attached hydrogens (tertiary/aromatic N) is 2. The Hall–Kier alpha value is -2.94. The van der Waals surface area contributed by atoms with E-state index in [2.05, 4.69) is 9.72 Å². The zero-order valence-corrected chi connectivity index (χ0v) is 15.3. The summed E-state index contributed by atoms with van der Waals surface area (Å²) < 4.78 is 11.5. The van der Waals surface area contributed by atoms with Crippen LogP contribution in [0.5, 0.6) is 0 Å². The summed E-state index contributed by atoms with van der Waals surface area (Å²) >= 11 is 1.12. The molecule has 0 saturated carbocycles. The molecule has 0 aliphatic heterocycles. The summed E-state index contributed by atoms with van der Waals surface area (Å²) in [6.07, 6.45) is 0.512. The highest BCUT2D eigenvalue weighted by Gasteiger charge is 2.20. The fourth-order valence-electron chi connectivity index (χ4n) is 2.76. The lowest BCUT2D eigenvalue weighted by molar-refractivity contribution is 0.0562. The van der Waals surface area contributed by atoms with E-state index in [1.807, 2.05) is 6.92 Å². The molecule has 0 aliphatic rings. The van der Waals surface area contributed by atoms with Crippen LogP contribution in [-0.4, -0.2) is 28.5 Å². The molecule has 1 amide bonds. The second-order valence-corrected chi connectivity index (χ2v) is 6.63. The number of hydrogen-bond acceptors (Lipinski definition) is 7. The van der Waals surface area contributed by atoms with Crippen molar-refractivity contribution >= 4 is 33.4 Å². The minimum absolute atomic E-state index is 0.0605. The molecule has 3 rings (SSSR count). The van der Waals surface area contributed by atoms with Gasteiger partial charge in [-0.3, -0.25) is 14.2 Å². The van der Waals surface area contributed by atoms with Crippen molar-refractivity contribution < 1.29 is 18.7 Å². The molecule has 26 heavy (non-hydrogen) atoms. The zero-order valence-electron chi connectivity index (χ0n) is 14.5. The molecular formula is C17H17N3O5S. The second kappa shape index (κ2) is 6.75. The average Bonchev–Trinajstić information content (AvgIpc) is 3.21. The van der Waals surface area contributed by atoms with Crippen LogP contribution in [0.2, 0.25) is 0 Å². The molecule has 2 N–H and O–H groups in total. The molecule has 8 nitrogen and oxygen atoms in total. The van der Waals surface area contributed by atoms with Gasteiger partial charge < -0.3 is 14.9 Å². The van der Waals surface area contributed by atoms with Gasteiger partial charge in [0.05, 0.1) is 23.9 Å². The molecule has 3 heterocycles. The molecule has 0 unspecified atom stereocenters. The zero-order chi connectivity index (χ0) is 19.0. The summed E-state index contributed by atoms with van der Waals surface area (Å²) in [5.74, 6) is -0.136. The Bertz CT molecular complexity index is 1080. The van der Waals surface area contributed by atoms with Gasteiger partial charge in [-0.1, -0.05) is 6.92 Å². The number of esters is 1. The number of rotatable bonds is 5. The molecule has 136 valence electrons. The maximum atomic E-state index is 13.0. The molecule has 0 aliphatic carbocycles. The Kier molecular flexibility index (Phi) is 4.64. The van der Waals surface area contributed by atoms with Crippen LogP contribution in [0.1, 0.15) is 44.3 Å². The first-order valence-corrected chi connectivity index (χ1v) is 8.68. The number of hydrogen-bond donors (Lipinski definition) is 1. The van der Waals surface area contributed by atoms with Gasteiger partial charge in [0.2, 0.25) is 5.76 Å². The van der Waals surface area contributed by atoms with E-state index in [9.17, 15) is 14.4 Å².